The summed E-state index contributed by atoms with van der Waals surface area (Å²) in [5.41, 5.74) is 1.93. The lowest BCUT2D eigenvalue weighted by molar-refractivity contribution is 0.492. The molecule has 6 rings (SSSR count). The molecular formula is C32H22O. The highest BCUT2D eigenvalue weighted by Gasteiger charge is 2.15. The predicted octanol–water partition coefficient (Wildman–Crippen LogP) is 9.38. The van der Waals surface area contributed by atoms with Crippen LogP contribution in [0.15, 0.2) is 110 Å². The van der Waals surface area contributed by atoms with E-state index in [1.54, 1.807) is 0 Å². The second-order valence-corrected chi connectivity index (χ2v) is 8.32. The van der Waals surface area contributed by atoms with E-state index >= 15 is 0 Å². The van der Waals surface area contributed by atoms with E-state index < -0.39 is 0 Å². The van der Waals surface area contributed by atoms with Crippen LogP contribution in [-0.2, 0) is 0 Å². The average molecular weight is 423 g/mol. The van der Waals surface area contributed by atoms with Crippen molar-refractivity contribution in [2.45, 2.75) is 0 Å². The molecule has 0 amide bonds. The second-order valence-electron chi connectivity index (χ2n) is 8.32. The molecule has 6 aromatic carbocycles. The van der Waals surface area contributed by atoms with Gasteiger partial charge in [0.25, 0.3) is 0 Å². The zero-order valence-corrected chi connectivity index (χ0v) is 18.2. The highest BCUT2D eigenvalue weighted by molar-refractivity contribution is 6.05. The summed E-state index contributed by atoms with van der Waals surface area (Å²) in [7, 11) is 0. The van der Waals surface area contributed by atoms with Gasteiger partial charge >= 0.3 is 0 Å². The van der Waals surface area contributed by atoms with E-state index in [2.05, 4.69) is 110 Å². The maximum absolute atomic E-state index is 6.80. The minimum absolute atomic E-state index is 0.817. The standard InChI is InChI=1S/C32H22O/c1-3-21-13-15-27-17-23-9-5-7-11-25(23)19-29(27)31(21)33-32-22(4-2)14-16-28-18-24-10-6-8-12-26(24)20-30(28)32/h3-20H,1-2H2. The summed E-state index contributed by atoms with van der Waals surface area (Å²) in [6, 6.07) is 34.1. The van der Waals surface area contributed by atoms with Crippen molar-refractivity contribution in [1.82, 2.24) is 0 Å². The van der Waals surface area contributed by atoms with Crippen LogP contribution in [0.2, 0.25) is 0 Å². The van der Waals surface area contributed by atoms with Crippen molar-refractivity contribution in [2.75, 3.05) is 0 Å². The molecule has 33 heavy (non-hydrogen) atoms. The van der Waals surface area contributed by atoms with E-state index in [0.29, 0.717) is 0 Å². The van der Waals surface area contributed by atoms with E-state index in [0.717, 1.165) is 44.2 Å². The number of fused-ring (bicyclic) bond motifs is 4. The van der Waals surface area contributed by atoms with Crippen molar-refractivity contribution in [3.63, 3.8) is 0 Å². The molecule has 156 valence electrons. The number of hydrogen-bond acceptors (Lipinski definition) is 1. The Morgan fingerprint density at radius 2 is 0.848 bits per heavy atom. The Balaban J connectivity index is 1.65. The fourth-order valence-corrected chi connectivity index (χ4v) is 4.66. The molecule has 0 spiro atoms. The first-order valence-electron chi connectivity index (χ1n) is 11.1. The van der Waals surface area contributed by atoms with Crippen LogP contribution in [0.1, 0.15) is 11.1 Å². The molecule has 0 N–H and O–H groups in total. The molecule has 0 unspecified atom stereocenters. The predicted molar refractivity (Wildman–Crippen MR) is 143 cm³/mol. The van der Waals surface area contributed by atoms with Crippen LogP contribution < -0.4 is 4.74 Å². The summed E-state index contributed by atoms with van der Waals surface area (Å²) in [6.07, 6.45) is 3.72. The fraction of sp³-hybridized carbons (Fsp3) is 0. The third-order valence-electron chi connectivity index (χ3n) is 6.38. The van der Waals surface area contributed by atoms with Gasteiger partial charge in [0.15, 0.2) is 0 Å². The second kappa shape index (κ2) is 7.65. The van der Waals surface area contributed by atoms with E-state index in [1.807, 2.05) is 12.2 Å². The summed E-state index contributed by atoms with van der Waals surface area (Å²) < 4.78 is 6.80. The normalized spacial score (nSPS) is 11.3. The lowest BCUT2D eigenvalue weighted by atomic mass is 9.99. The highest BCUT2D eigenvalue weighted by Crippen LogP contribution is 2.41. The first kappa shape index (κ1) is 19.3. The molecule has 0 atom stereocenters. The van der Waals surface area contributed by atoms with Crippen LogP contribution in [0.25, 0.3) is 55.2 Å². The Morgan fingerprint density at radius 3 is 1.24 bits per heavy atom. The van der Waals surface area contributed by atoms with E-state index in [4.69, 9.17) is 4.74 Å². The van der Waals surface area contributed by atoms with Gasteiger partial charge in [-0.1, -0.05) is 98.1 Å². The number of rotatable bonds is 4. The summed E-state index contributed by atoms with van der Waals surface area (Å²) in [4.78, 5) is 0. The highest BCUT2D eigenvalue weighted by atomic mass is 16.5. The number of ether oxygens (including phenoxy) is 1. The molecule has 0 aliphatic rings. The molecule has 1 heteroatoms. The third-order valence-corrected chi connectivity index (χ3v) is 6.38. The van der Waals surface area contributed by atoms with Crippen LogP contribution in [-0.4, -0.2) is 0 Å². The summed E-state index contributed by atoms with van der Waals surface area (Å²) >= 11 is 0. The maximum atomic E-state index is 6.80. The van der Waals surface area contributed by atoms with Gasteiger partial charge in [-0.15, -0.1) is 0 Å². The Hall–Kier alpha value is -4.36. The summed E-state index contributed by atoms with van der Waals surface area (Å²) in [5.74, 6) is 1.63. The van der Waals surface area contributed by atoms with Gasteiger partial charge < -0.3 is 4.74 Å². The molecule has 0 heterocycles. The zero-order valence-electron chi connectivity index (χ0n) is 18.2. The minimum atomic E-state index is 0.817. The monoisotopic (exact) mass is 422 g/mol. The van der Waals surface area contributed by atoms with Crippen molar-refractivity contribution in [3.05, 3.63) is 121 Å². The maximum Gasteiger partial charge on any atom is 0.142 e. The van der Waals surface area contributed by atoms with Crippen LogP contribution >= 0.6 is 0 Å². The molecular weight excluding hydrogens is 400 g/mol. The Kier molecular flexibility index (Phi) is 4.48. The Bertz CT molecular complexity index is 1590. The van der Waals surface area contributed by atoms with Crippen LogP contribution in [0.3, 0.4) is 0 Å². The molecule has 6 aromatic rings. The van der Waals surface area contributed by atoms with Gasteiger partial charge in [-0.3, -0.25) is 0 Å². The van der Waals surface area contributed by atoms with Gasteiger partial charge in [0.1, 0.15) is 11.5 Å². The largest absolute Gasteiger partial charge is 0.455 e. The SMILES string of the molecule is C=Cc1ccc2cc3ccccc3cc2c1Oc1c(C=C)ccc2cc3ccccc3cc12. The lowest BCUT2D eigenvalue weighted by Crippen LogP contribution is -1.94. The zero-order chi connectivity index (χ0) is 22.4. The van der Waals surface area contributed by atoms with E-state index in [9.17, 15) is 0 Å². The fourth-order valence-electron chi connectivity index (χ4n) is 4.66. The minimum Gasteiger partial charge on any atom is -0.455 e. The van der Waals surface area contributed by atoms with Crippen molar-refractivity contribution >= 4 is 55.2 Å². The van der Waals surface area contributed by atoms with Crippen LogP contribution in [0.5, 0.6) is 11.5 Å². The molecule has 0 fully saturated rings. The molecule has 0 aliphatic carbocycles. The van der Waals surface area contributed by atoms with Crippen molar-refractivity contribution in [1.29, 1.82) is 0 Å². The quantitative estimate of drug-likeness (QED) is 0.257. The molecule has 0 saturated heterocycles. The number of benzene rings is 6. The lowest BCUT2D eigenvalue weighted by Gasteiger charge is -2.17. The number of hydrogen-bond donors (Lipinski definition) is 0. The summed E-state index contributed by atoms with van der Waals surface area (Å²) in [5, 5.41) is 9.21. The van der Waals surface area contributed by atoms with Crippen molar-refractivity contribution in [2.24, 2.45) is 0 Å². The average Bonchev–Trinajstić information content (AvgIpc) is 2.86. The van der Waals surface area contributed by atoms with Gasteiger partial charge in [0, 0.05) is 21.9 Å². The third kappa shape index (κ3) is 3.18. The molecule has 0 bridgehead atoms. The van der Waals surface area contributed by atoms with Crippen LogP contribution in [0.4, 0.5) is 0 Å². The van der Waals surface area contributed by atoms with Gasteiger partial charge in [-0.25, -0.2) is 0 Å². The van der Waals surface area contributed by atoms with Crippen molar-refractivity contribution in [3.8, 4) is 11.5 Å². The van der Waals surface area contributed by atoms with Gasteiger partial charge in [0.05, 0.1) is 0 Å². The van der Waals surface area contributed by atoms with Crippen LogP contribution in [0, 0.1) is 0 Å². The first-order valence-corrected chi connectivity index (χ1v) is 11.1. The molecule has 0 saturated carbocycles. The molecule has 0 aliphatic heterocycles. The molecule has 0 radical (unpaired) electrons. The van der Waals surface area contributed by atoms with E-state index in [1.165, 1.54) is 21.5 Å². The topological polar surface area (TPSA) is 9.23 Å². The van der Waals surface area contributed by atoms with Gasteiger partial charge in [-0.05, 0) is 56.6 Å². The smallest absolute Gasteiger partial charge is 0.142 e. The molecule has 0 aromatic heterocycles. The van der Waals surface area contributed by atoms with Gasteiger partial charge in [-0.2, -0.15) is 0 Å². The van der Waals surface area contributed by atoms with Gasteiger partial charge in [0.2, 0.25) is 0 Å². The van der Waals surface area contributed by atoms with Crippen molar-refractivity contribution < 1.29 is 4.74 Å². The Labute approximate surface area is 192 Å². The molecule has 1 nitrogen and oxygen atoms in total. The summed E-state index contributed by atoms with van der Waals surface area (Å²) in [6.45, 7) is 8.10. The first-order chi connectivity index (χ1) is 16.2. The van der Waals surface area contributed by atoms with E-state index in [-0.39, 0.29) is 0 Å². The Morgan fingerprint density at radius 1 is 0.455 bits per heavy atom.